The van der Waals surface area contributed by atoms with Gasteiger partial charge in [0.1, 0.15) is 0 Å². The number of aromatic nitrogens is 1. The van der Waals surface area contributed by atoms with Gasteiger partial charge >= 0.3 is 0 Å². The zero-order chi connectivity index (χ0) is 10.1. The number of hydrogen-bond donors (Lipinski definition) is 0. The molecule has 2 nitrogen and oxygen atoms in total. The summed E-state index contributed by atoms with van der Waals surface area (Å²) >= 11 is 0. The summed E-state index contributed by atoms with van der Waals surface area (Å²) in [6.45, 7) is 9.21. The van der Waals surface area contributed by atoms with Crippen molar-refractivity contribution in [2.24, 2.45) is 0 Å². The molecule has 14 heavy (non-hydrogen) atoms. The van der Waals surface area contributed by atoms with Crippen molar-refractivity contribution in [2.45, 2.75) is 45.8 Å². The van der Waals surface area contributed by atoms with Crippen LogP contribution in [0.25, 0.3) is 0 Å². The predicted molar refractivity (Wildman–Crippen MR) is 59.3 cm³/mol. The molecule has 0 N–H and O–H groups in total. The number of nitrogens with zero attached hydrogens (tertiary/aromatic N) is 2. The van der Waals surface area contributed by atoms with E-state index < -0.39 is 0 Å². The molecule has 0 fully saturated rings. The predicted octanol–water partition coefficient (Wildman–Crippen LogP) is 2.66. The van der Waals surface area contributed by atoms with E-state index in [-0.39, 0.29) is 0 Å². The molecule has 0 spiro atoms. The molecule has 0 aliphatic carbocycles. The third-order valence-corrected chi connectivity index (χ3v) is 3.26. The van der Waals surface area contributed by atoms with Gasteiger partial charge in [-0.25, -0.2) is 0 Å². The third kappa shape index (κ3) is 1.48. The molecule has 0 aromatic carbocycles. The summed E-state index contributed by atoms with van der Waals surface area (Å²) < 4.78 is 2.40. The molecule has 1 unspecified atom stereocenters. The van der Waals surface area contributed by atoms with E-state index in [4.69, 9.17) is 0 Å². The highest BCUT2D eigenvalue weighted by Crippen LogP contribution is 2.29. The molecule has 1 aliphatic heterocycles. The van der Waals surface area contributed by atoms with Crippen LogP contribution in [0.3, 0.4) is 0 Å². The van der Waals surface area contributed by atoms with Gasteiger partial charge in [-0.3, -0.25) is 4.90 Å². The van der Waals surface area contributed by atoms with Gasteiger partial charge in [0.2, 0.25) is 0 Å². The Kier molecular flexibility index (Phi) is 2.64. The van der Waals surface area contributed by atoms with E-state index in [0.29, 0.717) is 12.1 Å². The minimum absolute atomic E-state index is 0.624. The van der Waals surface area contributed by atoms with Crippen molar-refractivity contribution in [3.05, 3.63) is 24.0 Å². The fourth-order valence-electron chi connectivity index (χ4n) is 2.54. The van der Waals surface area contributed by atoms with Crippen LogP contribution >= 0.6 is 0 Å². The van der Waals surface area contributed by atoms with Crippen LogP contribution < -0.4 is 0 Å². The van der Waals surface area contributed by atoms with Crippen LogP contribution in [-0.2, 0) is 6.54 Å². The second-order valence-corrected chi connectivity index (χ2v) is 4.38. The Labute approximate surface area is 86.5 Å². The van der Waals surface area contributed by atoms with Gasteiger partial charge in [-0.15, -0.1) is 0 Å². The zero-order valence-electron chi connectivity index (χ0n) is 9.40. The lowest BCUT2D eigenvalue weighted by Gasteiger charge is -2.39. The first-order valence-electron chi connectivity index (χ1n) is 5.64. The van der Waals surface area contributed by atoms with Crippen molar-refractivity contribution < 1.29 is 0 Å². The molecule has 1 aliphatic rings. The van der Waals surface area contributed by atoms with Crippen LogP contribution in [-0.4, -0.2) is 22.1 Å². The normalized spacial score (nSPS) is 22.7. The van der Waals surface area contributed by atoms with Crippen LogP contribution in [0.1, 0.15) is 38.9 Å². The van der Waals surface area contributed by atoms with Crippen molar-refractivity contribution in [1.82, 2.24) is 9.47 Å². The molecule has 2 heterocycles. The lowest BCUT2D eigenvalue weighted by Crippen LogP contribution is -2.41. The van der Waals surface area contributed by atoms with Crippen LogP contribution in [0.15, 0.2) is 18.3 Å². The summed E-state index contributed by atoms with van der Waals surface area (Å²) in [7, 11) is 0. The van der Waals surface area contributed by atoms with E-state index in [1.54, 1.807) is 0 Å². The smallest absolute Gasteiger partial charge is 0.0501 e. The minimum Gasteiger partial charge on any atom is -0.349 e. The monoisotopic (exact) mass is 192 g/mol. The Morgan fingerprint density at radius 1 is 1.43 bits per heavy atom. The van der Waals surface area contributed by atoms with Crippen molar-refractivity contribution in [2.75, 3.05) is 6.54 Å². The van der Waals surface area contributed by atoms with Gasteiger partial charge in [0.15, 0.2) is 0 Å². The zero-order valence-corrected chi connectivity index (χ0v) is 9.40. The molecule has 0 bridgehead atoms. The number of fused-ring (bicyclic) bond motifs is 1. The second-order valence-electron chi connectivity index (χ2n) is 4.38. The highest BCUT2D eigenvalue weighted by molar-refractivity contribution is 5.14. The third-order valence-electron chi connectivity index (χ3n) is 3.26. The molecule has 0 radical (unpaired) electrons. The standard InChI is InChI=1S/C12H20N2/c1-4-11-12-6-5-7-13(12)8-9-14(11)10(2)3/h5-7,10-11H,4,8-9H2,1-3H3. The van der Waals surface area contributed by atoms with E-state index in [2.05, 4.69) is 48.6 Å². The summed E-state index contributed by atoms with van der Waals surface area (Å²) in [5.74, 6) is 0. The molecule has 1 aromatic rings. The van der Waals surface area contributed by atoms with E-state index in [1.807, 2.05) is 0 Å². The molecule has 1 aromatic heterocycles. The largest absolute Gasteiger partial charge is 0.349 e. The van der Waals surface area contributed by atoms with Gasteiger partial charge in [0, 0.05) is 31.0 Å². The molecular formula is C12H20N2. The fourth-order valence-corrected chi connectivity index (χ4v) is 2.54. The topological polar surface area (TPSA) is 8.17 Å². The number of rotatable bonds is 2. The molecule has 0 saturated heterocycles. The summed E-state index contributed by atoms with van der Waals surface area (Å²) in [6.07, 6.45) is 3.41. The maximum Gasteiger partial charge on any atom is 0.0501 e. The average Bonchev–Trinajstić information content (AvgIpc) is 2.63. The first-order valence-corrected chi connectivity index (χ1v) is 5.64. The number of hydrogen-bond acceptors (Lipinski definition) is 1. The Bertz CT molecular complexity index is 301. The lowest BCUT2D eigenvalue weighted by atomic mass is 10.1. The van der Waals surface area contributed by atoms with Crippen LogP contribution in [0.5, 0.6) is 0 Å². The van der Waals surface area contributed by atoms with Crippen LogP contribution in [0.4, 0.5) is 0 Å². The van der Waals surface area contributed by atoms with Crippen LogP contribution in [0, 0.1) is 0 Å². The van der Waals surface area contributed by atoms with E-state index in [0.717, 1.165) is 6.54 Å². The lowest BCUT2D eigenvalue weighted by molar-refractivity contribution is 0.115. The highest BCUT2D eigenvalue weighted by atomic mass is 15.2. The van der Waals surface area contributed by atoms with Gasteiger partial charge in [0.25, 0.3) is 0 Å². The SMILES string of the molecule is CCC1c2cccn2CCN1C(C)C. The quantitative estimate of drug-likeness (QED) is 0.699. The van der Waals surface area contributed by atoms with Gasteiger partial charge in [0.05, 0.1) is 6.04 Å². The first-order chi connectivity index (χ1) is 6.74. The van der Waals surface area contributed by atoms with Crippen molar-refractivity contribution >= 4 is 0 Å². The highest BCUT2D eigenvalue weighted by Gasteiger charge is 2.26. The van der Waals surface area contributed by atoms with Gasteiger partial charge in [-0.2, -0.15) is 0 Å². The molecular weight excluding hydrogens is 172 g/mol. The molecule has 0 amide bonds. The Morgan fingerprint density at radius 3 is 2.86 bits per heavy atom. The van der Waals surface area contributed by atoms with E-state index >= 15 is 0 Å². The first kappa shape index (κ1) is 9.78. The Balaban J connectivity index is 2.29. The minimum atomic E-state index is 0.624. The Morgan fingerprint density at radius 2 is 2.21 bits per heavy atom. The molecule has 2 heteroatoms. The van der Waals surface area contributed by atoms with Crippen molar-refractivity contribution in [3.8, 4) is 0 Å². The van der Waals surface area contributed by atoms with Gasteiger partial charge in [-0.05, 0) is 32.4 Å². The molecule has 78 valence electrons. The summed E-state index contributed by atoms with van der Waals surface area (Å²) in [4.78, 5) is 2.61. The van der Waals surface area contributed by atoms with Gasteiger partial charge in [-0.1, -0.05) is 6.92 Å². The molecule has 1 atom stereocenters. The van der Waals surface area contributed by atoms with Gasteiger partial charge < -0.3 is 4.57 Å². The fraction of sp³-hybridized carbons (Fsp3) is 0.667. The van der Waals surface area contributed by atoms with E-state index in [9.17, 15) is 0 Å². The maximum absolute atomic E-state index is 2.61. The summed E-state index contributed by atoms with van der Waals surface area (Å²) in [6, 6.07) is 5.72. The van der Waals surface area contributed by atoms with Crippen molar-refractivity contribution in [1.29, 1.82) is 0 Å². The molecule has 0 saturated carbocycles. The average molecular weight is 192 g/mol. The van der Waals surface area contributed by atoms with E-state index in [1.165, 1.54) is 18.7 Å². The summed E-state index contributed by atoms with van der Waals surface area (Å²) in [5, 5.41) is 0. The maximum atomic E-state index is 2.61. The van der Waals surface area contributed by atoms with Crippen LogP contribution in [0.2, 0.25) is 0 Å². The second kappa shape index (κ2) is 3.77. The van der Waals surface area contributed by atoms with Crippen molar-refractivity contribution in [3.63, 3.8) is 0 Å². The summed E-state index contributed by atoms with van der Waals surface area (Å²) in [5.41, 5.74) is 1.49. The molecule has 2 rings (SSSR count). The Hall–Kier alpha value is -0.760.